The average Bonchev–Trinajstić information content (AvgIpc) is 3.08. The number of aryl methyl sites for hydroxylation is 1. The summed E-state index contributed by atoms with van der Waals surface area (Å²) in [4.78, 5) is 40.1. The molecule has 2 heterocycles. The maximum Gasteiger partial charge on any atom is 0.326 e. The second kappa shape index (κ2) is 6.76. The fraction of sp³-hybridized carbons (Fsp3) is 0.643. The van der Waals surface area contributed by atoms with Gasteiger partial charge in [0.25, 0.3) is 5.91 Å². The number of nitrogens with zero attached hydrogens (tertiary/aromatic N) is 5. The third-order valence-electron chi connectivity index (χ3n) is 3.91. The zero-order valence-electron chi connectivity index (χ0n) is 13.8. The number of carbonyl (C=O) groups is 3. The van der Waals surface area contributed by atoms with Crippen LogP contribution in [0.15, 0.2) is 4.42 Å². The fourth-order valence-corrected chi connectivity index (χ4v) is 2.41. The molecular weight excluding hydrogens is 302 g/mol. The minimum absolute atomic E-state index is 0.0615. The molecule has 2 rings (SSSR count). The standard InChI is InChI=1S/C14H21N5O4/c1-5-10-15-16-11(23-10)8-19(6-2)12(20)7-9-13(21)18(4)14(22)17(9)3/h9H,5-8H2,1-4H3. The van der Waals surface area contributed by atoms with E-state index in [2.05, 4.69) is 10.2 Å². The molecule has 0 spiro atoms. The summed E-state index contributed by atoms with van der Waals surface area (Å²) in [5.41, 5.74) is 0. The number of urea groups is 1. The van der Waals surface area contributed by atoms with Crippen molar-refractivity contribution in [2.45, 2.75) is 39.3 Å². The number of hydrogen-bond acceptors (Lipinski definition) is 6. The Bertz CT molecular complexity index is 614. The number of likely N-dealkylation sites (N-methyl/N-ethyl adjacent to an activating group) is 2. The summed E-state index contributed by atoms with van der Waals surface area (Å²) in [6, 6.07) is -1.16. The summed E-state index contributed by atoms with van der Waals surface area (Å²) in [7, 11) is 2.93. The van der Waals surface area contributed by atoms with Gasteiger partial charge in [-0.1, -0.05) is 6.92 Å². The van der Waals surface area contributed by atoms with Gasteiger partial charge in [-0.05, 0) is 6.92 Å². The van der Waals surface area contributed by atoms with Crippen LogP contribution < -0.4 is 0 Å². The van der Waals surface area contributed by atoms with Crippen molar-refractivity contribution < 1.29 is 18.8 Å². The van der Waals surface area contributed by atoms with Gasteiger partial charge in [-0.3, -0.25) is 14.5 Å². The van der Waals surface area contributed by atoms with Gasteiger partial charge in [0.15, 0.2) is 0 Å². The van der Waals surface area contributed by atoms with Crippen molar-refractivity contribution in [2.24, 2.45) is 0 Å². The van der Waals surface area contributed by atoms with Crippen LogP contribution >= 0.6 is 0 Å². The first-order valence-electron chi connectivity index (χ1n) is 7.52. The highest BCUT2D eigenvalue weighted by Gasteiger charge is 2.42. The van der Waals surface area contributed by atoms with Crippen molar-refractivity contribution in [2.75, 3.05) is 20.6 Å². The maximum absolute atomic E-state index is 12.4. The number of carbonyl (C=O) groups excluding carboxylic acids is 3. The van der Waals surface area contributed by atoms with Crippen molar-refractivity contribution >= 4 is 17.8 Å². The normalized spacial score (nSPS) is 18.0. The average molecular weight is 323 g/mol. The Balaban J connectivity index is 2.02. The molecule has 9 heteroatoms. The van der Waals surface area contributed by atoms with E-state index in [9.17, 15) is 14.4 Å². The molecule has 0 N–H and O–H groups in total. The van der Waals surface area contributed by atoms with Gasteiger partial charge in [0.1, 0.15) is 6.04 Å². The van der Waals surface area contributed by atoms with Crippen LogP contribution in [0.4, 0.5) is 4.79 Å². The number of aromatic nitrogens is 2. The smallest absolute Gasteiger partial charge is 0.326 e. The molecule has 1 aliphatic rings. The van der Waals surface area contributed by atoms with Crippen LogP contribution in [-0.2, 0) is 22.6 Å². The van der Waals surface area contributed by atoms with E-state index in [0.29, 0.717) is 24.7 Å². The largest absolute Gasteiger partial charge is 0.423 e. The Hall–Kier alpha value is -2.45. The third kappa shape index (κ3) is 3.33. The molecule has 9 nitrogen and oxygen atoms in total. The molecule has 0 bridgehead atoms. The van der Waals surface area contributed by atoms with Crippen molar-refractivity contribution in [3.05, 3.63) is 11.8 Å². The summed E-state index contributed by atoms with van der Waals surface area (Å²) >= 11 is 0. The van der Waals surface area contributed by atoms with Crippen LogP contribution in [0.25, 0.3) is 0 Å². The van der Waals surface area contributed by atoms with E-state index in [0.717, 1.165) is 4.90 Å². The van der Waals surface area contributed by atoms with Gasteiger partial charge in [-0.25, -0.2) is 4.79 Å². The minimum Gasteiger partial charge on any atom is -0.423 e. The molecular formula is C14H21N5O4. The molecule has 1 fully saturated rings. The van der Waals surface area contributed by atoms with Gasteiger partial charge in [0.2, 0.25) is 17.7 Å². The highest BCUT2D eigenvalue weighted by molar-refractivity contribution is 6.05. The summed E-state index contributed by atoms with van der Waals surface area (Å²) in [5, 5.41) is 7.75. The summed E-state index contributed by atoms with van der Waals surface area (Å²) in [6.45, 7) is 4.36. The van der Waals surface area contributed by atoms with Gasteiger partial charge in [-0.2, -0.15) is 0 Å². The van der Waals surface area contributed by atoms with Crippen molar-refractivity contribution in [3.63, 3.8) is 0 Å². The molecule has 4 amide bonds. The first-order valence-corrected chi connectivity index (χ1v) is 7.52. The van der Waals surface area contributed by atoms with E-state index in [4.69, 9.17) is 4.42 Å². The molecule has 0 radical (unpaired) electrons. The Morgan fingerprint density at radius 3 is 2.35 bits per heavy atom. The molecule has 0 aromatic carbocycles. The van der Waals surface area contributed by atoms with Crippen LogP contribution in [0, 0.1) is 0 Å². The Morgan fingerprint density at radius 2 is 1.87 bits per heavy atom. The second-order valence-corrected chi connectivity index (χ2v) is 5.36. The molecule has 1 aromatic rings. The second-order valence-electron chi connectivity index (χ2n) is 5.36. The van der Waals surface area contributed by atoms with Gasteiger partial charge < -0.3 is 14.2 Å². The van der Waals surface area contributed by atoms with Crippen LogP contribution in [0.2, 0.25) is 0 Å². The van der Waals surface area contributed by atoms with E-state index in [1.165, 1.54) is 23.9 Å². The lowest BCUT2D eigenvalue weighted by molar-refractivity contribution is -0.136. The topological polar surface area (TPSA) is 99.8 Å². The summed E-state index contributed by atoms with van der Waals surface area (Å²) in [6.07, 6.45) is 0.566. The molecule has 1 atom stereocenters. The minimum atomic E-state index is -0.761. The SMILES string of the molecule is CCc1nnc(CN(CC)C(=O)CC2C(=O)N(C)C(=O)N2C)o1. The number of hydrogen-bond donors (Lipinski definition) is 0. The third-order valence-corrected chi connectivity index (χ3v) is 3.91. The molecule has 1 aliphatic heterocycles. The van der Waals surface area contributed by atoms with Gasteiger partial charge in [0.05, 0.1) is 13.0 Å². The number of imide groups is 1. The summed E-state index contributed by atoms with van der Waals surface area (Å²) < 4.78 is 5.41. The lowest BCUT2D eigenvalue weighted by Gasteiger charge is -2.22. The predicted octanol–water partition coefficient (Wildman–Crippen LogP) is 0.263. The van der Waals surface area contributed by atoms with E-state index >= 15 is 0 Å². The fourth-order valence-electron chi connectivity index (χ4n) is 2.41. The maximum atomic E-state index is 12.4. The Labute approximate surface area is 134 Å². The highest BCUT2D eigenvalue weighted by atomic mass is 16.4. The highest BCUT2D eigenvalue weighted by Crippen LogP contribution is 2.18. The van der Waals surface area contributed by atoms with E-state index < -0.39 is 12.1 Å². The summed E-state index contributed by atoms with van der Waals surface area (Å²) in [5.74, 6) is 0.266. The monoisotopic (exact) mass is 323 g/mol. The molecule has 1 unspecified atom stereocenters. The Morgan fingerprint density at radius 1 is 1.22 bits per heavy atom. The lowest BCUT2D eigenvalue weighted by Crippen LogP contribution is -2.39. The molecule has 126 valence electrons. The molecule has 1 saturated heterocycles. The van der Waals surface area contributed by atoms with Gasteiger partial charge in [0, 0.05) is 27.1 Å². The number of rotatable bonds is 6. The van der Waals surface area contributed by atoms with E-state index in [1.54, 1.807) is 0 Å². The quantitative estimate of drug-likeness (QED) is 0.696. The predicted molar refractivity (Wildman–Crippen MR) is 79.1 cm³/mol. The first-order chi connectivity index (χ1) is 10.9. The number of amides is 4. The Kier molecular flexibility index (Phi) is 4.97. The van der Waals surface area contributed by atoms with Crippen LogP contribution in [0.5, 0.6) is 0 Å². The van der Waals surface area contributed by atoms with E-state index in [1.807, 2.05) is 13.8 Å². The van der Waals surface area contributed by atoms with Crippen molar-refractivity contribution in [1.82, 2.24) is 24.9 Å². The van der Waals surface area contributed by atoms with Gasteiger partial charge in [-0.15, -0.1) is 10.2 Å². The van der Waals surface area contributed by atoms with Crippen molar-refractivity contribution in [1.29, 1.82) is 0 Å². The van der Waals surface area contributed by atoms with Crippen LogP contribution in [-0.4, -0.2) is 69.4 Å². The zero-order chi connectivity index (χ0) is 17.1. The van der Waals surface area contributed by atoms with Crippen molar-refractivity contribution in [3.8, 4) is 0 Å². The van der Waals surface area contributed by atoms with Gasteiger partial charge >= 0.3 is 6.03 Å². The van der Waals surface area contributed by atoms with Crippen LogP contribution in [0.1, 0.15) is 32.0 Å². The molecule has 1 aromatic heterocycles. The lowest BCUT2D eigenvalue weighted by atomic mass is 10.1. The first kappa shape index (κ1) is 16.9. The van der Waals surface area contributed by atoms with Crippen LogP contribution in [0.3, 0.4) is 0 Å². The molecule has 23 heavy (non-hydrogen) atoms. The molecule has 0 aliphatic carbocycles. The van der Waals surface area contributed by atoms with E-state index in [-0.39, 0.29) is 24.8 Å². The molecule has 0 saturated carbocycles. The zero-order valence-corrected chi connectivity index (χ0v) is 13.8.